The highest BCUT2D eigenvalue weighted by Gasteiger charge is 2.28. The number of alkyl halides is 1. The first-order valence-electron chi connectivity index (χ1n) is 6.21. The van der Waals surface area contributed by atoms with Crippen LogP contribution in [-0.2, 0) is 9.63 Å². The quantitative estimate of drug-likeness (QED) is 0.667. The van der Waals surface area contributed by atoms with E-state index in [9.17, 15) is 4.79 Å². The number of hydrogen-bond acceptors (Lipinski definition) is 3. The van der Waals surface area contributed by atoms with Crippen LogP contribution < -0.4 is 5.73 Å². The van der Waals surface area contributed by atoms with Gasteiger partial charge in [-0.3, -0.25) is 9.63 Å². The van der Waals surface area contributed by atoms with E-state index in [-0.39, 0.29) is 17.3 Å². The van der Waals surface area contributed by atoms with Crippen molar-refractivity contribution in [1.82, 2.24) is 5.06 Å². The molecule has 0 aromatic heterocycles. The third-order valence-corrected chi connectivity index (χ3v) is 2.90. The van der Waals surface area contributed by atoms with Crippen molar-refractivity contribution in [2.45, 2.75) is 32.4 Å². The second-order valence-corrected chi connectivity index (χ2v) is 5.78. The highest BCUT2D eigenvalue weighted by atomic mass is 79.9. The van der Waals surface area contributed by atoms with Gasteiger partial charge >= 0.3 is 0 Å². The lowest BCUT2D eigenvalue weighted by atomic mass is 10.1. The number of benzene rings is 1. The van der Waals surface area contributed by atoms with Crippen LogP contribution in [0.5, 0.6) is 0 Å². The molecule has 1 unspecified atom stereocenters. The molecular formula is C14H21BrN2O2. The molecule has 0 aliphatic heterocycles. The van der Waals surface area contributed by atoms with E-state index >= 15 is 0 Å². The van der Waals surface area contributed by atoms with Crippen molar-refractivity contribution < 1.29 is 9.63 Å². The lowest BCUT2D eigenvalue weighted by Gasteiger charge is -2.35. The van der Waals surface area contributed by atoms with Crippen molar-refractivity contribution >= 4 is 21.8 Å². The average Bonchev–Trinajstić information content (AvgIpc) is 2.37. The second-order valence-electron chi connectivity index (χ2n) is 5.22. The standard InChI is InChI=1S/C14H21BrN2O2/c1-14(2,3)19-17(13(18)9-15)12(10-16)11-7-5-4-6-8-11/h4-8,12H,9-10,16H2,1-3H3. The summed E-state index contributed by atoms with van der Waals surface area (Å²) in [4.78, 5) is 17.8. The number of nitrogens with two attached hydrogens (primary N) is 1. The molecule has 4 nitrogen and oxygen atoms in total. The van der Waals surface area contributed by atoms with Gasteiger partial charge in [-0.1, -0.05) is 46.3 Å². The fourth-order valence-corrected chi connectivity index (χ4v) is 1.93. The van der Waals surface area contributed by atoms with Gasteiger partial charge in [-0.25, -0.2) is 5.06 Å². The van der Waals surface area contributed by atoms with Crippen LogP contribution in [0.2, 0.25) is 0 Å². The number of amides is 1. The molecule has 0 aliphatic rings. The van der Waals surface area contributed by atoms with E-state index in [1.807, 2.05) is 51.1 Å². The lowest BCUT2D eigenvalue weighted by Crippen LogP contribution is -2.44. The minimum absolute atomic E-state index is 0.144. The molecule has 0 spiro atoms. The summed E-state index contributed by atoms with van der Waals surface area (Å²) in [6.45, 7) is 6.01. The smallest absolute Gasteiger partial charge is 0.257 e. The molecule has 2 N–H and O–H groups in total. The van der Waals surface area contributed by atoms with Crippen molar-refractivity contribution in [3.05, 3.63) is 35.9 Å². The molecule has 5 heteroatoms. The summed E-state index contributed by atoms with van der Waals surface area (Å²) in [5.41, 5.74) is 6.33. The number of hydroxylamine groups is 2. The molecule has 19 heavy (non-hydrogen) atoms. The molecule has 1 atom stereocenters. The van der Waals surface area contributed by atoms with Crippen LogP contribution in [0.3, 0.4) is 0 Å². The van der Waals surface area contributed by atoms with E-state index in [1.165, 1.54) is 5.06 Å². The Kier molecular flexibility index (Phi) is 5.97. The van der Waals surface area contributed by atoms with Crippen LogP contribution in [0.4, 0.5) is 0 Å². The van der Waals surface area contributed by atoms with Gasteiger partial charge in [-0.2, -0.15) is 0 Å². The first kappa shape index (κ1) is 16.1. The Labute approximate surface area is 123 Å². The van der Waals surface area contributed by atoms with Crippen LogP contribution in [0, 0.1) is 0 Å². The van der Waals surface area contributed by atoms with E-state index in [0.29, 0.717) is 6.54 Å². The number of halogens is 1. The molecular weight excluding hydrogens is 308 g/mol. The fourth-order valence-electron chi connectivity index (χ4n) is 1.68. The maximum absolute atomic E-state index is 12.1. The summed E-state index contributed by atoms with van der Waals surface area (Å²) in [7, 11) is 0. The zero-order chi connectivity index (χ0) is 14.5. The van der Waals surface area contributed by atoms with Gasteiger partial charge in [0.15, 0.2) is 0 Å². The first-order valence-corrected chi connectivity index (χ1v) is 7.33. The van der Waals surface area contributed by atoms with Crippen molar-refractivity contribution in [2.75, 3.05) is 11.9 Å². The second kappa shape index (κ2) is 7.03. The molecule has 1 rings (SSSR count). The van der Waals surface area contributed by atoms with E-state index in [1.54, 1.807) is 0 Å². The Hall–Kier alpha value is -0.910. The van der Waals surface area contributed by atoms with Crippen molar-refractivity contribution in [3.63, 3.8) is 0 Å². The van der Waals surface area contributed by atoms with Crippen LogP contribution in [0.25, 0.3) is 0 Å². The molecule has 0 bridgehead atoms. The summed E-state index contributed by atoms with van der Waals surface area (Å²) >= 11 is 3.18. The topological polar surface area (TPSA) is 55.6 Å². The highest BCUT2D eigenvalue weighted by molar-refractivity contribution is 9.09. The minimum Gasteiger partial charge on any atom is -0.328 e. The number of rotatable bonds is 5. The third-order valence-electron chi connectivity index (χ3n) is 2.42. The van der Waals surface area contributed by atoms with Gasteiger partial charge in [0.25, 0.3) is 5.91 Å². The van der Waals surface area contributed by atoms with E-state index < -0.39 is 5.60 Å². The van der Waals surface area contributed by atoms with Gasteiger partial charge < -0.3 is 5.73 Å². The summed E-state index contributed by atoms with van der Waals surface area (Å²) in [6.07, 6.45) is 0. The molecule has 0 aliphatic carbocycles. The Balaban J connectivity index is 3.03. The van der Waals surface area contributed by atoms with Gasteiger partial charge in [0.05, 0.1) is 17.0 Å². The van der Waals surface area contributed by atoms with Crippen LogP contribution in [-0.4, -0.2) is 28.4 Å². The van der Waals surface area contributed by atoms with Crippen molar-refractivity contribution in [2.24, 2.45) is 5.73 Å². The normalized spacial score (nSPS) is 13.1. The van der Waals surface area contributed by atoms with Gasteiger partial charge in [0.2, 0.25) is 0 Å². The monoisotopic (exact) mass is 328 g/mol. The van der Waals surface area contributed by atoms with Crippen molar-refractivity contribution in [3.8, 4) is 0 Å². The molecule has 1 amide bonds. The molecule has 0 saturated carbocycles. The van der Waals surface area contributed by atoms with Crippen LogP contribution in [0.15, 0.2) is 30.3 Å². The predicted molar refractivity (Wildman–Crippen MR) is 79.7 cm³/mol. The Bertz CT molecular complexity index is 404. The maximum atomic E-state index is 12.1. The number of carbonyl (C=O) groups excluding carboxylic acids is 1. The summed E-state index contributed by atoms with van der Waals surface area (Å²) in [6, 6.07) is 9.37. The predicted octanol–water partition coefficient (Wildman–Crippen LogP) is 2.64. The third kappa shape index (κ3) is 4.93. The van der Waals surface area contributed by atoms with Crippen LogP contribution >= 0.6 is 15.9 Å². The van der Waals surface area contributed by atoms with E-state index in [4.69, 9.17) is 10.6 Å². The zero-order valence-corrected chi connectivity index (χ0v) is 13.2. The Morgan fingerprint density at radius 3 is 2.37 bits per heavy atom. The number of carbonyl (C=O) groups is 1. The van der Waals surface area contributed by atoms with Gasteiger partial charge in [-0.05, 0) is 26.3 Å². The SMILES string of the molecule is CC(C)(C)ON(C(=O)CBr)C(CN)c1ccccc1. The maximum Gasteiger partial charge on any atom is 0.257 e. The molecule has 1 aromatic rings. The van der Waals surface area contributed by atoms with Crippen LogP contribution in [0.1, 0.15) is 32.4 Å². The van der Waals surface area contributed by atoms with Crippen molar-refractivity contribution in [1.29, 1.82) is 0 Å². The molecule has 1 aromatic carbocycles. The lowest BCUT2D eigenvalue weighted by molar-refractivity contribution is -0.241. The Morgan fingerprint density at radius 2 is 1.95 bits per heavy atom. The van der Waals surface area contributed by atoms with Gasteiger partial charge in [0.1, 0.15) is 0 Å². The molecule has 0 fully saturated rings. The minimum atomic E-state index is -0.458. The first-order chi connectivity index (χ1) is 8.89. The van der Waals surface area contributed by atoms with E-state index in [0.717, 1.165) is 5.56 Å². The number of hydrogen-bond donors (Lipinski definition) is 1. The molecule has 0 radical (unpaired) electrons. The van der Waals surface area contributed by atoms with E-state index in [2.05, 4.69) is 15.9 Å². The molecule has 106 valence electrons. The van der Waals surface area contributed by atoms with Gasteiger partial charge in [-0.15, -0.1) is 0 Å². The molecule has 0 heterocycles. The average molecular weight is 329 g/mol. The highest BCUT2D eigenvalue weighted by Crippen LogP contribution is 2.24. The fraction of sp³-hybridized carbons (Fsp3) is 0.500. The largest absolute Gasteiger partial charge is 0.328 e. The summed E-state index contributed by atoms with van der Waals surface area (Å²) < 4.78 is 0. The Morgan fingerprint density at radius 1 is 1.37 bits per heavy atom. The number of nitrogens with zero attached hydrogens (tertiary/aromatic N) is 1. The summed E-state index contributed by atoms with van der Waals surface area (Å²) in [5, 5.41) is 1.58. The molecule has 0 saturated heterocycles. The summed E-state index contributed by atoms with van der Waals surface area (Å²) in [5.74, 6) is -0.144. The van der Waals surface area contributed by atoms with Gasteiger partial charge in [0, 0.05) is 6.54 Å². The zero-order valence-electron chi connectivity index (χ0n) is 11.6.